The minimum Gasteiger partial charge on any atom is -0.206 e. The van der Waals surface area contributed by atoms with Crippen LogP contribution in [0.25, 0.3) is 10.8 Å². The monoisotopic (exact) mass is 214 g/mol. The quantitative estimate of drug-likeness (QED) is 0.617. The summed E-state index contributed by atoms with van der Waals surface area (Å²) < 4.78 is 14.0. The number of halogens is 1. The largest absolute Gasteiger partial charge is 0.206 e. The van der Waals surface area contributed by atoms with Crippen molar-refractivity contribution in [3.8, 4) is 0 Å². The molecule has 1 aliphatic rings. The average molecular weight is 214 g/mol. The average Bonchev–Trinajstić information content (AvgIpc) is 2.29. The van der Waals surface area contributed by atoms with Crippen LogP contribution in [0.2, 0.25) is 0 Å². The third-order valence-electron chi connectivity index (χ3n) is 3.57. The summed E-state index contributed by atoms with van der Waals surface area (Å²) in [5, 5.41) is 1.92. The van der Waals surface area contributed by atoms with Crippen molar-refractivity contribution in [3.63, 3.8) is 0 Å². The zero-order chi connectivity index (χ0) is 11.1. The Kier molecular flexibility index (Phi) is 2.20. The number of benzene rings is 2. The summed E-state index contributed by atoms with van der Waals surface area (Å²) in [7, 11) is 0. The van der Waals surface area contributed by atoms with Crippen molar-refractivity contribution in [2.45, 2.75) is 32.6 Å². The molecule has 0 fully saturated rings. The Morgan fingerprint density at radius 1 is 1.00 bits per heavy atom. The van der Waals surface area contributed by atoms with Crippen LogP contribution in [0.15, 0.2) is 24.3 Å². The first-order valence-electron chi connectivity index (χ1n) is 5.96. The van der Waals surface area contributed by atoms with Gasteiger partial charge >= 0.3 is 0 Å². The van der Waals surface area contributed by atoms with Gasteiger partial charge in [-0.25, -0.2) is 4.39 Å². The van der Waals surface area contributed by atoms with Crippen molar-refractivity contribution < 1.29 is 4.39 Å². The molecule has 0 saturated carbocycles. The topological polar surface area (TPSA) is 0 Å². The number of hydrogen-bond acceptors (Lipinski definition) is 0. The molecule has 2 aromatic carbocycles. The van der Waals surface area contributed by atoms with Crippen LogP contribution in [0.5, 0.6) is 0 Å². The van der Waals surface area contributed by atoms with E-state index in [2.05, 4.69) is 12.1 Å². The van der Waals surface area contributed by atoms with Gasteiger partial charge in [-0.2, -0.15) is 0 Å². The van der Waals surface area contributed by atoms with E-state index in [1.807, 2.05) is 13.0 Å². The molecule has 0 unspecified atom stereocenters. The predicted molar refractivity (Wildman–Crippen MR) is 65.3 cm³/mol. The highest BCUT2D eigenvalue weighted by Crippen LogP contribution is 2.31. The first-order chi connectivity index (χ1) is 7.75. The molecule has 0 saturated heterocycles. The summed E-state index contributed by atoms with van der Waals surface area (Å²) >= 11 is 0. The van der Waals surface area contributed by atoms with Gasteiger partial charge in [-0.05, 0) is 61.3 Å². The minimum atomic E-state index is -0.0562. The summed E-state index contributed by atoms with van der Waals surface area (Å²) in [5.74, 6) is -0.0562. The lowest BCUT2D eigenvalue weighted by molar-refractivity contribution is 0.627. The normalized spacial score (nSPS) is 15.1. The van der Waals surface area contributed by atoms with E-state index in [1.54, 1.807) is 6.07 Å². The maximum Gasteiger partial charge on any atom is 0.131 e. The van der Waals surface area contributed by atoms with Crippen molar-refractivity contribution in [1.82, 2.24) is 0 Å². The van der Waals surface area contributed by atoms with Crippen LogP contribution in [0.4, 0.5) is 4.39 Å². The molecule has 0 nitrogen and oxygen atoms in total. The Morgan fingerprint density at radius 2 is 1.81 bits per heavy atom. The highest BCUT2D eigenvalue weighted by atomic mass is 19.1. The fraction of sp³-hybridized carbons (Fsp3) is 0.333. The number of rotatable bonds is 0. The summed E-state index contributed by atoms with van der Waals surface area (Å²) in [6, 6.07) is 7.87. The van der Waals surface area contributed by atoms with Gasteiger partial charge in [-0.1, -0.05) is 17.7 Å². The van der Waals surface area contributed by atoms with Crippen LogP contribution in [-0.4, -0.2) is 0 Å². The lowest BCUT2D eigenvalue weighted by atomic mass is 9.87. The first-order valence-corrected chi connectivity index (χ1v) is 5.96. The second-order valence-corrected chi connectivity index (χ2v) is 4.75. The fourth-order valence-electron chi connectivity index (χ4n) is 2.75. The molecule has 16 heavy (non-hydrogen) atoms. The van der Waals surface area contributed by atoms with Crippen molar-refractivity contribution in [2.75, 3.05) is 0 Å². The second kappa shape index (κ2) is 3.58. The Morgan fingerprint density at radius 3 is 2.69 bits per heavy atom. The van der Waals surface area contributed by atoms with Crippen LogP contribution >= 0.6 is 0 Å². The molecule has 1 aliphatic carbocycles. The van der Waals surface area contributed by atoms with Gasteiger partial charge in [0, 0.05) is 5.39 Å². The summed E-state index contributed by atoms with van der Waals surface area (Å²) in [6.07, 6.45) is 4.58. The molecule has 3 rings (SSSR count). The zero-order valence-electron chi connectivity index (χ0n) is 9.52. The lowest BCUT2D eigenvalue weighted by Gasteiger charge is -2.18. The zero-order valence-corrected chi connectivity index (χ0v) is 9.52. The van der Waals surface area contributed by atoms with Gasteiger partial charge in [0.1, 0.15) is 5.82 Å². The molecule has 82 valence electrons. The molecule has 0 radical (unpaired) electrons. The van der Waals surface area contributed by atoms with Crippen molar-refractivity contribution in [2.24, 2.45) is 0 Å². The molecule has 2 aromatic rings. The van der Waals surface area contributed by atoms with Crippen molar-refractivity contribution in [1.29, 1.82) is 0 Å². The van der Waals surface area contributed by atoms with Crippen LogP contribution in [-0.2, 0) is 12.8 Å². The van der Waals surface area contributed by atoms with E-state index in [4.69, 9.17) is 0 Å². The molecule has 0 atom stereocenters. The van der Waals surface area contributed by atoms with E-state index in [0.717, 1.165) is 29.2 Å². The van der Waals surface area contributed by atoms with Gasteiger partial charge in [-0.15, -0.1) is 0 Å². The van der Waals surface area contributed by atoms with E-state index >= 15 is 0 Å². The third kappa shape index (κ3) is 1.42. The van der Waals surface area contributed by atoms with Crippen molar-refractivity contribution in [3.05, 3.63) is 46.8 Å². The molecule has 0 N–H and O–H groups in total. The van der Waals surface area contributed by atoms with Gasteiger partial charge in [-0.3, -0.25) is 0 Å². The predicted octanol–water partition coefficient (Wildman–Crippen LogP) is 4.17. The lowest BCUT2D eigenvalue weighted by Crippen LogP contribution is -2.04. The van der Waals surface area contributed by atoms with Gasteiger partial charge in [0.2, 0.25) is 0 Å². The van der Waals surface area contributed by atoms with E-state index in [1.165, 1.54) is 24.0 Å². The van der Waals surface area contributed by atoms with Crippen LogP contribution in [0, 0.1) is 12.7 Å². The Hall–Kier alpha value is -1.37. The SMILES string of the molecule is Cc1ccc2c3c(cc(F)c2c1)CCCC3. The number of hydrogen-bond donors (Lipinski definition) is 0. The van der Waals surface area contributed by atoms with Gasteiger partial charge < -0.3 is 0 Å². The summed E-state index contributed by atoms with van der Waals surface area (Å²) in [4.78, 5) is 0. The molecule has 0 bridgehead atoms. The molecule has 0 spiro atoms. The van der Waals surface area contributed by atoms with Gasteiger partial charge in [0.05, 0.1) is 0 Å². The Bertz CT molecular complexity index is 555. The smallest absolute Gasteiger partial charge is 0.131 e. The molecule has 1 heteroatoms. The third-order valence-corrected chi connectivity index (χ3v) is 3.57. The fourth-order valence-corrected chi connectivity index (χ4v) is 2.75. The molecule has 0 heterocycles. The van der Waals surface area contributed by atoms with Crippen molar-refractivity contribution >= 4 is 10.8 Å². The second-order valence-electron chi connectivity index (χ2n) is 4.75. The Labute approximate surface area is 95.1 Å². The van der Waals surface area contributed by atoms with E-state index in [0.29, 0.717) is 0 Å². The van der Waals surface area contributed by atoms with E-state index < -0.39 is 0 Å². The van der Waals surface area contributed by atoms with Crippen LogP contribution < -0.4 is 0 Å². The van der Waals surface area contributed by atoms with Gasteiger partial charge in [0.25, 0.3) is 0 Å². The maximum atomic E-state index is 14.0. The molecule has 0 amide bonds. The molecular formula is C15H15F. The number of aryl methyl sites for hydroxylation is 3. The highest BCUT2D eigenvalue weighted by Gasteiger charge is 2.15. The van der Waals surface area contributed by atoms with Gasteiger partial charge in [0.15, 0.2) is 0 Å². The first kappa shape index (κ1) is 9.83. The van der Waals surface area contributed by atoms with Crippen LogP contribution in [0.3, 0.4) is 0 Å². The Balaban J connectivity index is 2.38. The molecule has 0 aromatic heterocycles. The maximum absolute atomic E-state index is 14.0. The van der Waals surface area contributed by atoms with Crippen LogP contribution in [0.1, 0.15) is 29.5 Å². The highest BCUT2D eigenvalue weighted by molar-refractivity contribution is 5.88. The standard InChI is InChI=1S/C15H15F/c1-10-6-7-13-12-5-3-2-4-11(12)9-15(16)14(13)8-10/h6-9H,2-5H2,1H3. The summed E-state index contributed by atoms with van der Waals surface area (Å²) in [5.41, 5.74) is 3.73. The molecular weight excluding hydrogens is 199 g/mol. The number of fused-ring (bicyclic) bond motifs is 3. The van der Waals surface area contributed by atoms with E-state index in [-0.39, 0.29) is 5.82 Å². The minimum absolute atomic E-state index is 0.0562. The summed E-state index contributed by atoms with van der Waals surface area (Å²) in [6.45, 7) is 2.01. The molecule has 0 aliphatic heterocycles. The van der Waals surface area contributed by atoms with E-state index in [9.17, 15) is 4.39 Å².